The summed E-state index contributed by atoms with van der Waals surface area (Å²) in [5, 5.41) is 54.9. The van der Waals surface area contributed by atoms with Crippen molar-refractivity contribution in [2.75, 3.05) is 26.7 Å². The number of aliphatic hydroxyl groups excluding tert-OH is 5. The summed E-state index contributed by atoms with van der Waals surface area (Å²) in [5.41, 5.74) is 5.88. The van der Waals surface area contributed by atoms with Gasteiger partial charge in [-0.2, -0.15) is 0 Å². The standard InChI is InChI=1S/C16H32N4O7/c1-18-10-6-8(17)5-9(10)15(26)19-3-2-4-20-16(27)14(25)13(24)12(23)11(22)7-21/h8-14,18,21-25H,2-7,17H2,1H3,(H,19,26)(H,20,27)/t8?,9?,10?,11-,12-,13+,14-/m1/s1. The Morgan fingerprint density at radius 1 is 1.07 bits per heavy atom. The molecule has 1 rings (SSSR count). The van der Waals surface area contributed by atoms with Gasteiger partial charge in [0.2, 0.25) is 5.91 Å². The fourth-order valence-corrected chi connectivity index (χ4v) is 3.11. The minimum absolute atomic E-state index is 0.00916. The summed E-state index contributed by atoms with van der Waals surface area (Å²) in [4.78, 5) is 23.9. The van der Waals surface area contributed by atoms with Gasteiger partial charge >= 0.3 is 0 Å². The van der Waals surface area contributed by atoms with Crippen molar-refractivity contribution in [2.24, 2.45) is 11.7 Å². The molecule has 0 aromatic heterocycles. The Hall–Kier alpha value is -1.34. The highest BCUT2D eigenvalue weighted by molar-refractivity contribution is 5.81. The van der Waals surface area contributed by atoms with Crippen molar-refractivity contribution in [1.29, 1.82) is 0 Å². The van der Waals surface area contributed by atoms with E-state index in [1.54, 1.807) is 7.05 Å². The lowest BCUT2D eigenvalue weighted by molar-refractivity contribution is -0.148. The molecule has 0 aromatic carbocycles. The van der Waals surface area contributed by atoms with Gasteiger partial charge in [0, 0.05) is 25.2 Å². The number of amides is 2. The van der Waals surface area contributed by atoms with Crippen LogP contribution in [0.5, 0.6) is 0 Å². The number of hydrogen-bond acceptors (Lipinski definition) is 9. The smallest absolute Gasteiger partial charge is 0.251 e. The van der Waals surface area contributed by atoms with Crippen LogP contribution in [0.1, 0.15) is 19.3 Å². The predicted octanol–water partition coefficient (Wildman–Crippen LogP) is -4.63. The molecular weight excluding hydrogens is 360 g/mol. The van der Waals surface area contributed by atoms with Crippen LogP contribution in [0.25, 0.3) is 0 Å². The number of aliphatic hydroxyl groups is 5. The van der Waals surface area contributed by atoms with Gasteiger partial charge in [0.05, 0.1) is 12.5 Å². The first kappa shape index (κ1) is 23.7. The Bertz CT molecular complexity index is 482. The maximum Gasteiger partial charge on any atom is 0.251 e. The van der Waals surface area contributed by atoms with Gasteiger partial charge in [0.25, 0.3) is 5.91 Å². The molecule has 0 spiro atoms. The van der Waals surface area contributed by atoms with Crippen molar-refractivity contribution >= 4 is 11.8 Å². The molecular formula is C16H32N4O7. The van der Waals surface area contributed by atoms with E-state index in [1.165, 1.54) is 0 Å². The van der Waals surface area contributed by atoms with Gasteiger partial charge < -0.3 is 47.2 Å². The quantitative estimate of drug-likeness (QED) is 0.155. The molecule has 0 aromatic rings. The summed E-state index contributed by atoms with van der Waals surface area (Å²) in [6.07, 6.45) is -5.72. The minimum Gasteiger partial charge on any atom is -0.394 e. The summed E-state index contributed by atoms with van der Waals surface area (Å²) in [5.74, 6) is -1.24. The van der Waals surface area contributed by atoms with Gasteiger partial charge in [-0.15, -0.1) is 0 Å². The van der Waals surface area contributed by atoms with E-state index in [-0.39, 0.29) is 30.5 Å². The lowest BCUT2D eigenvalue weighted by atomic mass is 10.0. The summed E-state index contributed by atoms with van der Waals surface area (Å²) < 4.78 is 0. The highest BCUT2D eigenvalue weighted by Crippen LogP contribution is 2.24. The third kappa shape index (κ3) is 6.96. The highest BCUT2D eigenvalue weighted by Gasteiger charge is 2.36. The van der Waals surface area contributed by atoms with E-state index in [1.807, 2.05) is 0 Å². The fraction of sp³-hybridized carbons (Fsp3) is 0.875. The number of nitrogens with two attached hydrogens (primary N) is 1. The third-order valence-corrected chi connectivity index (χ3v) is 4.78. The average molecular weight is 392 g/mol. The topological polar surface area (TPSA) is 197 Å². The number of nitrogens with one attached hydrogen (secondary N) is 3. The lowest BCUT2D eigenvalue weighted by Gasteiger charge is -2.25. The van der Waals surface area contributed by atoms with Crippen LogP contribution in [0.4, 0.5) is 0 Å². The van der Waals surface area contributed by atoms with Crippen LogP contribution in [0.2, 0.25) is 0 Å². The molecule has 0 aliphatic heterocycles. The second-order valence-electron chi connectivity index (χ2n) is 6.84. The zero-order valence-electron chi connectivity index (χ0n) is 15.4. The Morgan fingerprint density at radius 2 is 1.70 bits per heavy atom. The zero-order chi connectivity index (χ0) is 20.6. The normalized spacial score (nSPS) is 26.9. The van der Waals surface area contributed by atoms with Crippen molar-refractivity contribution < 1.29 is 35.1 Å². The number of carbonyl (C=O) groups is 2. The molecule has 11 heteroatoms. The second kappa shape index (κ2) is 11.5. The average Bonchev–Trinajstić information content (AvgIpc) is 3.05. The van der Waals surface area contributed by atoms with Crippen LogP contribution in [-0.2, 0) is 9.59 Å². The summed E-state index contributed by atoms with van der Waals surface area (Å²) in [6.45, 7) is -0.389. The molecule has 1 aliphatic rings. The van der Waals surface area contributed by atoms with Crippen LogP contribution >= 0.6 is 0 Å². The van der Waals surface area contributed by atoms with Crippen LogP contribution in [0.3, 0.4) is 0 Å². The third-order valence-electron chi connectivity index (χ3n) is 4.78. The Labute approximate surface area is 157 Å². The first-order chi connectivity index (χ1) is 12.7. The predicted molar refractivity (Wildman–Crippen MR) is 95.3 cm³/mol. The fourth-order valence-electron chi connectivity index (χ4n) is 3.11. The van der Waals surface area contributed by atoms with Gasteiger partial charge in [0.1, 0.15) is 18.3 Å². The minimum atomic E-state index is -1.97. The highest BCUT2D eigenvalue weighted by atomic mass is 16.4. The molecule has 0 heterocycles. The van der Waals surface area contributed by atoms with Crippen molar-refractivity contribution in [1.82, 2.24) is 16.0 Å². The first-order valence-corrected chi connectivity index (χ1v) is 9.04. The Morgan fingerprint density at radius 3 is 2.30 bits per heavy atom. The van der Waals surface area contributed by atoms with Crippen LogP contribution in [-0.4, -0.2) is 101 Å². The van der Waals surface area contributed by atoms with Crippen molar-refractivity contribution in [3.63, 3.8) is 0 Å². The SMILES string of the molecule is CNC1CC(N)CC1C(=O)NCCCNC(=O)[C@H](O)[C@@H](O)[C@H](O)[C@H](O)CO. The van der Waals surface area contributed by atoms with Crippen LogP contribution in [0.15, 0.2) is 0 Å². The Kier molecular flexibility index (Phi) is 10.1. The summed E-state index contributed by atoms with van der Waals surface area (Å²) in [7, 11) is 1.79. The summed E-state index contributed by atoms with van der Waals surface area (Å²) >= 11 is 0. The van der Waals surface area contributed by atoms with Gasteiger partial charge in [-0.25, -0.2) is 0 Å². The molecule has 27 heavy (non-hydrogen) atoms. The van der Waals surface area contributed by atoms with Gasteiger partial charge in [-0.1, -0.05) is 0 Å². The van der Waals surface area contributed by atoms with Crippen molar-refractivity contribution in [3.05, 3.63) is 0 Å². The lowest BCUT2D eigenvalue weighted by Crippen LogP contribution is -2.51. The van der Waals surface area contributed by atoms with E-state index in [0.717, 1.165) is 6.42 Å². The molecule has 7 atom stereocenters. The van der Waals surface area contributed by atoms with E-state index < -0.39 is 36.9 Å². The van der Waals surface area contributed by atoms with Crippen LogP contribution < -0.4 is 21.7 Å². The number of carbonyl (C=O) groups excluding carboxylic acids is 2. The maximum atomic E-state index is 12.2. The first-order valence-electron chi connectivity index (χ1n) is 9.04. The maximum absolute atomic E-state index is 12.2. The number of hydrogen-bond donors (Lipinski definition) is 9. The second-order valence-corrected chi connectivity index (χ2v) is 6.84. The molecule has 11 nitrogen and oxygen atoms in total. The molecule has 10 N–H and O–H groups in total. The largest absolute Gasteiger partial charge is 0.394 e. The number of rotatable bonds is 11. The van der Waals surface area contributed by atoms with Crippen molar-refractivity contribution in [2.45, 2.75) is 55.8 Å². The van der Waals surface area contributed by atoms with E-state index in [4.69, 9.17) is 10.8 Å². The monoisotopic (exact) mass is 392 g/mol. The van der Waals surface area contributed by atoms with E-state index in [2.05, 4.69) is 16.0 Å². The van der Waals surface area contributed by atoms with E-state index in [9.17, 15) is 30.0 Å². The zero-order valence-corrected chi connectivity index (χ0v) is 15.4. The molecule has 1 saturated carbocycles. The molecule has 1 aliphatic carbocycles. The molecule has 0 saturated heterocycles. The summed E-state index contributed by atoms with van der Waals surface area (Å²) in [6, 6.07) is 0.0298. The van der Waals surface area contributed by atoms with E-state index >= 15 is 0 Å². The van der Waals surface area contributed by atoms with Gasteiger partial charge in [-0.05, 0) is 26.3 Å². The van der Waals surface area contributed by atoms with Gasteiger partial charge in [-0.3, -0.25) is 9.59 Å². The van der Waals surface area contributed by atoms with Crippen molar-refractivity contribution in [3.8, 4) is 0 Å². The molecule has 1 fully saturated rings. The Balaban J connectivity index is 2.27. The van der Waals surface area contributed by atoms with Gasteiger partial charge in [0.15, 0.2) is 6.10 Å². The molecule has 2 amide bonds. The van der Waals surface area contributed by atoms with Crippen LogP contribution in [0, 0.1) is 5.92 Å². The molecule has 0 bridgehead atoms. The molecule has 3 unspecified atom stereocenters. The molecule has 158 valence electrons. The molecule has 0 radical (unpaired) electrons. The van der Waals surface area contributed by atoms with E-state index in [0.29, 0.717) is 19.4 Å².